The maximum absolute atomic E-state index is 13.2. The van der Waals surface area contributed by atoms with Gasteiger partial charge in [0.25, 0.3) is 0 Å². The van der Waals surface area contributed by atoms with Gasteiger partial charge in [-0.2, -0.15) is 0 Å². The molecule has 0 aliphatic heterocycles. The minimum Gasteiger partial charge on any atom is -0.394 e. The largest absolute Gasteiger partial charge is 0.394 e. The number of rotatable bonds is 4. The van der Waals surface area contributed by atoms with Crippen molar-refractivity contribution in [3.05, 3.63) is 63.3 Å². The lowest BCUT2D eigenvalue weighted by Gasteiger charge is -2.31. The van der Waals surface area contributed by atoms with E-state index in [0.29, 0.717) is 5.56 Å². The number of nitrogens with one attached hydrogen (secondary N) is 1. The first-order valence-corrected chi connectivity index (χ1v) is 7.22. The van der Waals surface area contributed by atoms with Gasteiger partial charge in [0.05, 0.1) is 12.1 Å². The molecule has 2 aromatic carbocycles. The average Bonchev–Trinajstić information content (AvgIpc) is 2.41. The average molecular weight is 359 g/mol. The molecule has 0 saturated heterocycles. The Morgan fingerprint density at radius 2 is 2.00 bits per heavy atom. The van der Waals surface area contributed by atoms with Gasteiger partial charge in [-0.3, -0.25) is 0 Å². The quantitative estimate of drug-likeness (QED) is 0.839. The summed E-state index contributed by atoms with van der Waals surface area (Å²) < 4.78 is 14.0. The van der Waals surface area contributed by atoms with Crippen molar-refractivity contribution in [1.82, 2.24) is 0 Å². The van der Waals surface area contributed by atoms with Crippen LogP contribution in [-0.4, -0.2) is 11.7 Å². The molecule has 0 spiro atoms. The smallest absolute Gasteiger partial charge is 0.124 e. The number of aliphatic hydroxyl groups excluding tert-OH is 1. The molecule has 2 rings (SSSR count). The Balaban J connectivity index is 2.41. The van der Waals surface area contributed by atoms with Crippen LogP contribution in [0.3, 0.4) is 0 Å². The van der Waals surface area contributed by atoms with E-state index >= 15 is 0 Å². The molecule has 0 fully saturated rings. The summed E-state index contributed by atoms with van der Waals surface area (Å²) >= 11 is 9.54. The van der Waals surface area contributed by atoms with Crippen molar-refractivity contribution in [2.45, 2.75) is 12.5 Å². The van der Waals surface area contributed by atoms with Crippen LogP contribution in [0.2, 0.25) is 5.02 Å². The standard InChI is InChI=1S/C15H14BrClFNO/c1-15(9-20,11-7-6-10(18)8-13(11)17)19-14-5-3-2-4-12(14)16/h2-8,19-20H,9H2,1H3. The molecule has 0 aromatic heterocycles. The van der Waals surface area contributed by atoms with E-state index in [1.807, 2.05) is 31.2 Å². The van der Waals surface area contributed by atoms with Crippen molar-refractivity contribution < 1.29 is 9.50 Å². The normalized spacial score (nSPS) is 13.8. The summed E-state index contributed by atoms with van der Waals surface area (Å²) in [5.74, 6) is -0.403. The summed E-state index contributed by atoms with van der Waals surface area (Å²) in [5, 5.41) is 13.3. The molecule has 20 heavy (non-hydrogen) atoms. The second-order valence-corrected chi connectivity index (χ2v) is 5.98. The first-order chi connectivity index (χ1) is 9.46. The number of anilines is 1. The van der Waals surface area contributed by atoms with E-state index < -0.39 is 11.4 Å². The third-order valence-electron chi connectivity index (χ3n) is 3.13. The van der Waals surface area contributed by atoms with E-state index in [9.17, 15) is 9.50 Å². The van der Waals surface area contributed by atoms with Crippen molar-refractivity contribution in [2.24, 2.45) is 0 Å². The first-order valence-electron chi connectivity index (χ1n) is 6.05. The molecule has 1 atom stereocenters. The van der Waals surface area contributed by atoms with Gasteiger partial charge in [0.2, 0.25) is 0 Å². The Kier molecular flexibility index (Phi) is 4.68. The van der Waals surface area contributed by atoms with Crippen molar-refractivity contribution in [3.63, 3.8) is 0 Å². The molecule has 0 amide bonds. The van der Waals surface area contributed by atoms with E-state index in [2.05, 4.69) is 21.2 Å². The van der Waals surface area contributed by atoms with Gasteiger partial charge in [0.1, 0.15) is 5.82 Å². The maximum atomic E-state index is 13.2. The van der Waals surface area contributed by atoms with E-state index in [0.717, 1.165) is 10.2 Å². The third kappa shape index (κ3) is 3.14. The Labute approximate surface area is 130 Å². The van der Waals surface area contributed by atoms with Crippen LogP contribution in [0.25, 0.3) is 0 Å². The summed E-state index contributed by atoms with van der Waals surface area (Å²) in [6.07, 6.45) is 0. The predicted molar refractivity (Wildman–Crippen MR) is 83.6 cm³/mol. The topological polar surface area (TPSA) is 32.3 Å². The van der Waals surface area contributed by atoms with E-state index in [4.69, 9.17) is 11.6 Å². The van der Waals surface area contributed by atoms with Crippen molar-refractivity contribution >= 4 is 33.2 Å². The molecule has 2 N–H and O–H groups in total. The number of para-hydroxylation sites is 1. The summed E-state index contributed by atoms with van der Waals surface area (Å²) in [6.45, 7) is 1.63. The van der Waals surface area contributed by atoms with Crippen molar-refractivity contribution in [3.8, 4) is 0 Å². The Morgan fingerprint density at radius 3 is 2.60 bits per heavy atom. The molecule has 0 saturated carbocycles. The van der Waals surface area contributed by atoms with Crippen molar-refractivity contribution in [2.75, 3.05) is 11.9 Å². The zero-order valence-electron chi connectivity index (χ0n) is 10.8. The molecule has 5 heteroatoms. The first kappa shape index (κ1) is 15.3. The fraction of sp³-hybridized carbons (Fsp3) is 0.200. The lowest BCUT2D eigenvalue weighted by Crippen LogP contribution is -2.36. The van der Waals surface area contributed by atoms with Gasteiger partial charge >= 0.3 is 0 Å². The highest BCUT2D eigenvalue weighted by Gasteiger charge is 2.28. The molecule has 0 radical (unpaired) electrons. The van der Waals surface area contributed by atoms with Crippen LogP contribution in [-0.2, 0) is 5.54 Å². The zero-order chi connectivity index (χ0) is 14.8. The maximum Gasteiger partial charge on any atom is 0.124 e. The third-order valence-corrected chi connectivity index (χ3v) is 4.13. The van der Waals surface area contributed by atoms with Crippen LogP contribution in [0.4, 0.5) is 10.1 Å². The molecule has 1 unspecified atom stereocenters. The van der Waals surface area contributed by atoms with E-state index in [-0.39, 0.29) is 11.6 Å². The van der Waals surface area contributed by atoms with Gasteiger partial charge in [-0.25, -0.2) is 4.39 Å². The summed E-state index contributed by atoms with van der Waals surface area (Å²) in [4.78, 5) is 0. The van der Waals surface area contributed by atoms with Gasteiger partial charge in [0.15, 0.2) is 0 Å². The van der Waals surface area contributed by atoms with Crippen LogP contribution < -0.4 is 5.32 Å². The Bertz CT molecular complexity index is 623. The number of benzene rings is 2. The minimum absolute atomic E-state index is 0.181. The highest BCUT2D eigenvalue weighted by atomic mass is 79.9. The second-order valence-electron chi connectivity index (χ2n) is 4.72. The van der Waals surface area contributed by atoms with Crippen LogP contribution in [0.1, 0.15) is 12.5 Å². The summed E-state index contributed by atoms with van der Waals surface area (Å²) in [7, 11) is 0. The van der Waals surface area contributed by atoms with Crippen LogP contribution in [0.15, 0.2) is 46.9 Å². The molecule has 106 valence electrons. The molecule has 2 nitrogen and oxygen atoms in total. The van der Waals surface area contributed by atoms with Gasteiger partial charge in [-0.05, 0) is 52.7 Å². The van der Waals surface area contributed by atoms with Gasteiger partial charge in [-0.15, -0.1) is 0 Å². The number of hydrogen-bond acceptors (Lipinski definition) is 2. The zero-order valence-corrected chi connectivity index (χ0v) is 13.2. The number of halogens is 3. The predicted octanol–water partition coefficient (Wildman–Crippen LogP) is 4.56. The molecular weight excluding hydrogens is 345 g/mol. The van der Waals surface area contributed by atoms with Crippen LogP contribution >= 0.6 is 27.5 Å². The fourth-order valence-corrected chi connectivity index (χ4v) is 2.75. The SMILES string of the molecule is CC(CO)(Nc1ccccc1Br)c1ccc(F)cc1Cl. The summed E-state index contributed by atoms with van der Waals surface area (Å²) in [5.41, 5.74) is 0.650. The van der Waals surface area contributed by atoms with Crippen LogP contribution in [0, 0.1) is 5.82 Å². The van der Waals surface area contributed by atoms with Gasteiger partial charge < -0.3 is 10.4 Å². The monoisotopic (exact) mass is 357 g/mol. The van der Waals surface area contributed by atoms with Gasteiger partial charge in [-0.1, -0.05) is 29.8 Å². The summed E-state index contributed by atoms with van der Waals surface area (Å²) in [6, 6.07) is 11.7. The number of hydrogen-bond donors (Lipinski definition) is 2. The van der Waals surface area contributed by atoms with E-state index in [1.54, 1.807) is 6.07 Å². The van der Waals surface area contributed by atoms with Crippen molar-refractivity contribution in [1.29, 1.82) is 0 Å². The highest BCUT2D eigenvalue weighted by molar-refractivity contribution is 9.10. The van der Waals surface area contributed by atoms with Crippen LogP contribution in [0.5, 0.6) is 0 Å². The Hall–Kier alpha value is -1.10. The fourth-order valence-electron chi connectivity index (χ4n) is 1.99. The lowest BCUT2D eigenvalue weighted by atomic mass is 9.92. The number of aliphatic hydroxyl groups is 1. The molecule has 0 heterocycles. The molecule has 0 aliphatic carbocycles. The minimum atomic E-state index is -0.811. The lowest BCUT2D eigenvalue weighted by molar-refractivity contribution is 0.224. The molecule has 2 aromatic rings. The van der Waals surface area contributed by atoms with E-state index in [1.165, 1.54) is 12.1 Å². The molecule has 0 aliphatic rings. The molecule has 0 bridgehead atoms. The molecular formula is C15H14BrClFNO. The highest BCUT2D eigenvalue weighted by Crippen LogP contribution is 2.34. The second kappa shape index (κ2) is 6.12. The Morgan fingerprint density at radius 1 is 1.30 bits per heavy atom. The van der Waals surface area contributed by atoms with Gasteiger partial charge in [0, 0.05) is 15.2 Å².